The molecule has 0 unspecified atom stereocenters. The summed E-state index contributed by atoms with van der Waals surface area (Å²) in [5.41, 5.74) is 2.11. The van der Waals surface area contributed by atoms with Crippen LogP contribution in [0.25, 0.3) is 16.5 Å². The van der Waals surface area contributed by atoms with Crippen LogP contribution < -0.4 is 10.9 Å². The van der Waals surface area contributed by atoms with Crippen LogP contribution >= 0.6 is 22.7 Å². The van der Waals surface area contributed by atoms with Gasteiger partial charge < -0.3 is 0 Å². The second-order valence-corrected chi connectivity index (χ2v) is 8.46. The average molecular weight is 429 g/mol. The molecule has 4 rings (SSSR count). The summed E-state index contributed by atoms with van der Waals surface area (Å²) in [7, 11) is 0. The quantitative estimate of drug-likeness (QED) is 0.515. The zero-order valence-electron chi connectivity index (χ0n) is 15.7. The van der Waals surface area contributed by atoms with E-state index in [2.05, 4.69) is 15.4 Å². The second-order valence-electron chi connectivity index (χ2n) is 6.52. The molecule has 148 valence electrons. The third-order valence-corrected chi connectivity index (χ3v) is 6.17. The van der Waals surface area contributed by atoms with Crippen molar-refractivity contribution < 1.29 is 9.18 Å². The minimum atomic E-state index is -0.505. The Bertz CT molecular complexity index is 1260. The van der Waals surface area contributed by atoms with Crippen LogP contribution in [0.3, 0.4) is 0 Å². The Labute approximate surface area is 173 Å². The molecule has 29 heavy (non-hydrogen) atoms. The molecule has 6 nitrogen and oxygen atoms in total. The topological polar surface area (TPSA) is 76.9 Å². The van der Waals surface area contributed by atoms with Crippen LogP contribution in [0.1, 0.15) is 26.6 Å². The van der Waals surface area contributed by atoms with E-state index in [9.17, 15) is 14.0 Å². The number of alkyl halides is 1. The first-order valence-corrected chi connectivity index (χ1v) is 10.6. The summed E-state index contributed by atoms with van der Waals surface area (Å²) < 4.78 is 13.8. The lowest BCUT2D eigenvalue weighted by Gasteiger charge is -2.09. The van der Waals surface area contributed by atoms with E-state index in [1.54, 1.807) is 22.9 Å². The van der Waals surface area contributed by atoms with Crippen molar-refractivity contribution in [2.24, 2.45) is 0 Å². The normalized spacial score (nSPS) is 11.1. The summed E-state index contributed by atoms with van der Waals surface area (Å²) in [6, 6.07) is 7.36. The van der Waals surface area contributed by atoms with Crippen molar-refractivity contribution in [3.05, 3.63) is 67.2 Å². The molecular formula is C20H17FN4O2S2. The van der Waals surface area contributed by atoms with Gasteiger partial charge in [0.25, 0.3) is 11.5 Å². The van der Waals surface area contributed by atoms with Crippen LogP contribution in [0.2, 0.25) is 0 Å². The molecule has 0 aliphatic rings. The smallest absolute Gasteiger partial charge is 0.280 e. The van der Waals surface area contributed by atoms with Crippen molar-refractivity contribution in [1.82, 2.24) is 14.8 Å². The van der Waals surface area contributed by atoms with Gasteiger partial charge in [0.15, 0.2) is 10.8 Å². The Morgan fingerprint density at radius 2 is 1.93 bits per heavy atom. The third kappa shape index (κ3) is 3.70. The molecule has 0 bridgehead atoms. The Balaban J connectivity index is 1.80. The molecular weight excluding hydrogens is 411 g/mol. The first-order chi connectivity index (χ1) is 14.0. The van der Waals surface area contributed by atoms with Crippen LogP contribution in [0.4, 0.5) is 9.52 Å². The van der Waals surface area contributed by atoms with Gasteiger partial charge in [-0.1, -0.05) is 17.7 Å². The molecule has 3 aromatic heterocycles. The number of aromatic nitrogens is 3. The molecule has 0 fully saturated rings. The molecule has 1 N–H and O–H groups in total. The summed E-state index contributed by atoms with van der Waals surface area (Å²) in [6.07, 6.45) is 0.205. The number of carbonyl (C=O) groups excluding carboxylic acids is 1. The van der Waals surface area contributed by atoms with Crippen molar-refractivity contribution in [2.45, 2.75) is 20.3 Å². The first-order valence-electron chi connectivity index (χ1n) is 8.88. The molecule has 0 saturated heterocycles. The predicted molar refractivity (Wildman–Crippen MR) is 114 cm³/mol. The maximum absolute atomic E-state index is 13.0. The van der Waals surface area contributed by atoms with Crippen molar-refractivity contribution >= 4 is 44.5 Å². The molecule has 0 saturated carbocycles. The number of anilines is 1. The highest BCUT2D eigenvalue weighted by Crippen LogP contribution is 2.26. The van der Waals surface area contributed by atoms with E-state index in [1.165, 1.54) is 27.4 Å². The predicted octanol–water partition coefficient (Wildman–Crippen LogP) is 4.28. The SMILES string of the molecule is Cc1ccc(-n2nc(C(=O)Nc3nc(CCF)cs3)c3csc(C)c3c2=O)cc1. The highest BCUT2D eigenvalue weighted by Gasteiger charge is 2.21. The van der Waals surface area contributed by atoms with E-state index in [-0.39, 0.29) is 17.7 Å². The number of nitrogens with one attached hydrogen (secondary N) is 1. The minimum absolute atomic E-state index is 0.145. The van der Waals surface area contributed by atoms with Gasteiger partial charge in [-0.3, -0.25) is 19.3 Å². The maximum atomic E-state index is 13.0. The van der Waals surface area contributed by atoms with Crippen molar-refractivity contribution in [2.75, 3.05) is 12.0 Å². The number of halogens is 1. The van der Waals surface area contributed by atoms with E-state index in [4.69, 9.17) is 0 Å². The third-order valence-electron chi connectivity index (χ3n) is 4.45. The molecule has 0 aliphatic heterocycles. The average Bonchev–Trinajstić information content (AvgIpc) is 3.30. The number of benzene rings is 1. The number of hydrogen-bond donors (Lipinski definition) is 1. The Morgan fingerprint density at radius 3 is 2.66 bits per heavy atom. The fourth-order valence-electron chi connectivity index (χ4n) is 2.96. The van der Waals surface area contributed by atoms with Gasteiger partial charge in [-0.2, -0.15) is 9.78 Å². The van der Waals surface area contributed by atoms with Crippen LogP contribution in [0.5, 0.6) is 0 Å². The number of aryl methyl sites for hydroxylation is 3. The van der Waals surface area contributed by atoms with Gasteiger partial charge in [-0.15, -0.1) is 22.7 Å². The van der Waals surface area contributed by atoms with Crippen LogP contribution in [-0.4, -0.2) is 27.3 Å². The fourth-order valence-corrected chi connectivity index (χ4v) is 4.54. The number of thiophene rings is 1. The number of hydrogen-bond acceptors (Lipinski definition) is 6. The molecule has 1 amide bonds. The van der Waals surface area contributed by atoms with E-state index >= 15 is 0 Å². The molecule has 1 aromatic carbocycles. The summed E-state index contributed by atoms with van der Waals surface area (Å²) in [4.78, 5) is 31.0. The standard InChI is InChI=1S/C20H17FN4O2S2/c1-11-3-5-14(6-4-11)25-19(27)16-12(2)28-10-15(16)17(24-25)18(26)23-20-22-13(7-8-21)9-29-20/h3-6,9-10H,7-8H2,1-2H3,(H,22,23,26). The Hall–Kier alpha value is -2.91. The second kappa shape index (κ2) is 7.84. The number of fused-ring (bicyclic) bond motifs is 1. The molecule has 0 radical (unpaired) electrons. The summed E-state index contributed by atoms with van der Waals surface area (Å²) in [5.74, 6) is -0.463. The largest absolute Gasteiger partial charge is 0.296 e. The lowest BCUT2D eigenvalue weighted by molar-refractivity contribution is 0.102. The minimum Gasteiger partial charge on any atom is -0.296 e. The lowest BCUT2D eigenvalue weighted by atomic mass is 10.2. The van der Waals surface area contributed by atoms with Gasteiger partial charge in [0.2, 0.25) is 0 Å². The lowest BCUT2D eigenvalue weighted by Crippen LogP contribution is -2.26. The van der Waals surface area contributed by atoms with E-state index in [0.29, 0.717) is 27.3 Å². The van der Waals surface area contributed by atoms with Crippen molar-refractivity contribution in [1.29, 1.82) is 0 Å². The fraction of sp³-hybridized carbons (Fsp3) is 0.200. The molecule has 0 aliphatic carbocycles. The van der Waals surface area contributed by atoms with Crippen LogP contribution in [0.15, 0.2) is 39.8 Å². The van der Waals surface area contributed by atoms with Crippen LogP contribution in [0, 0.1) is 13.8 Å². The summed E-state index contributed by atoms with van der Waals surface area (Å²) in [6.45, 7) is 3.30. The van der Waals surface area contributed by atoms with Gasteiger partial charge in [-0.05, 0) is 26.0 Å². The number of carbonyl (C=O) groups is 1. The number of amides is 1. The first kappa shape index (κ1) is 19.4. The highest BCUT2D eigenvalue weighted by atomic mass is 32.1. The number of thiazole rings is 1. The summed E-state index contributed by atoms with van der Waals surface area (Å²) in [5, 5.41) is 11.9. The van der Waals surface area contributed by atoms with Gasteiger partial charge in [0.1, 0.15) is 0 Å². The molecule has 9 heteroatoms. The molecule has 0 atom stereocenters. The molecule has 3 heterocycles. The Morgan fingerprint density at radius 1 is 1.17 bits per heavy atom. The monoisotopic (exact) mass is 428 g/mol. The molecule has 4 aromatic rings. The Kier molecular flexibility index (Phi) is 5.25. The molecule has 0 spiro atoms. The maximum Gasteiger partial charge on any atom is 0.280 e. The zero-order chi connectivity index (χ0) is 20.5. The van der Waals surface area contributed by atoms with Crippen molar-refractivity contribution in [3.63, 3.8) is 0 Å². The van der Waals surface area contributed by atoms with E-state index < -0.39 is 12.6 Å². The van der Waals surface area contributed by atoms with Gasteiger partial charge in [0.05, 0.1) is 23.4 Å². The highest BCUT2D eigenvalue weighted by molar-refractivity contribution is 7.14. The van der Waals surface area contributed by atoms with Crippen LogP contribution in [-0.2, 0) is 6.42 Å². The summed E-state index contributed by atoms with van der Waals surface area (Å²) >= 11 is 2.62. The van der Waals surface area contributed by atoms with Crippen molar-refractivity contribution in [3.8, 4) is 5.69 Å². The zero-order valence-corrected chi connectivity index (χ0v) is 17.4. The number of rotatable bonds is 5. The van der Waals surface area contributed by atoms with E-state index in [1.807, 2.05) is 26.0 Å². The van der Waals surface area contributed by atoms with Gasteiger partial charge in [0, 0.05) is 27.4 Å². The van der Waals surface area contributed by atoms with Gasteiger partial charge >= 0.3 is 0 Å². The number of nitrogens with zero attached hydrogens (tertiary/aromatic N) is 3. The van der Waals surface area contributed by atoms with E-state index in [0.717, 1.165) is 10.4 Å². The van der Waals surface area contributed by atoms with Gasteiger partial charge in [-0.25, -0.2) is 4.98 Å².